The first-order chi connectivity index (χ1) is 6.24. The molecular formula is C9H19NO3. The highest BCUT2D eigenvalue weighted by atomic mass is 16.5. The highest BCUT2D eigenvalue weighted by molar-refractivity contribution is 5.69. The lowest BCUT2D eigenvalue weighted by Crippen LogP contribution is -2.29. The maximum absolute atomic E-state index is 11.0. The first-order valence-electron chi connectivity index (χ1n) is 4.73. The topological polar surface area (TPSA) is 49.8 Å². The van der Waals surface area contributed by atoms with E-state index in [0.29, 0.717) is 26.1 Å². The lowest BCUT2D eigenvalue weighted by Gasteiger charge is -2.17. The number of hydrogen-bond acceptors (Lipinski definition) is 4. The molecule has 0 aliphatic heterocycles. The number of carbonyl (C=O) groups excluding carboxylic acids is 1. The Morgan fingerprint density at radius 3 is 2.54 bits per heavy atom. The Morgan fingerprint density at radius 2 is 2.08 bits per heavy atom. The lowest BCUT2D eigenvalue weighted by molar-refractivity contribution is -0.143. The zero-order valence-corrected chi connectivity index (χ0v) is 8.45. The number of aliphatic hydroxyl groups is 1. The molecule has 0 aromatic rings. The Morgan fingerprint density at radius 1 is 1.38 bits per heavy atom. The van der Waals surface area contributed by atoms with E-state index < -0.39 is 0 Å². The van der Waals surface area contributed by atoms with Crippen LogP contribution in [0.5, 0.6) is 0 Å². The average Bonchev–Trinajstić information content (AvgIpc) is 2.12. The first-order valence-corrected chi connectivity index (χ1v) is 4.73. The standard InChI is InChI=1S/C9H19NO3/c1-3-10(7-8-11)6-5-9(12)13-4-2/h11H,3-8H2,1-2H3. The molecule has 78 valence electrons. The van der Waals surface area contributed by atoms with Gasteiger partial charge in [-0.25, -0.2) is 0 Å². The van der Waals surface area contributed by atoms with Crippen LogP contribution >= 0.6 is 0 Å². The van der Waals surface area contributed by atoms with E-state index in [1.165, 1.54) is 0 Å². The molecular weight excluding hydrogens is 170 g/mol. The van der Waals surface area contributed by atoms with Gasteiger partial charge in [0, 0.05) is 13.1 Å². The van der Waals surface area contributed by atoms with E-state index in [1.54, 1.807) is 6.92 Å². The van der Waals surface area contributed by atoms with Gasteiger partial charge in [0.05, 0.1) is 19.6 Å². The van der Waals surface area contributed by atoms with Crippen molar-refractivity contribution in [1.29, 1.82) is 0 Å². The highest BCUT2D eigenvalue weighted by Gasteiger charge is 2.05. The van der Waals surface area contributed by atoms with Gasteiger partial charge >= 0.3 is 5.97 Å². The summed E-state index contributed by atoms with van der Waals surface area (Å²) in [4.78, 5) is 13.0. The molecule has 0 rings (SSSR count). The van der Waals surface area contributed by atoms with E-state index in [9.17, 15) is 4.79 Å². The number of likely N-dealkylation sites (N-methyl/N-ethyl adjacent to an activating group) is 1. The largest absolute Gasteiger partial charge is 0.466 e. The fraction of sp³-hybridized carbons (Fsp3) is 0.889. The molecule has 4 heteroatoms. The second-order valence-electron chi connectivity index (χ2n) is 2.71. The Balaban J connectivity index is 3.52. The Bertz CT molecular complexity index is 139. The van der Waals surface area contributed by atoms with Crippen LogP contribution in [-0.2, 0) is 9.53 Å². The maximum atomic E-state index is 11.0. The van der Waals surface area contributed by atoms with Crippen LogP contribution in [0.25, 0.3) is 0 Å². The van der Waals surface area contributed by atoms with Crippen molar-refractivity contribution in [2.24, 2.45) is 0 Å². The number of aliphatic hydroxyl groups excluding tert-OH is 1. The summed E-state index contributed by atoms with van der Waals surface area (Å²) in [5, 5.41) is 8.68. The van der Waals surface area contributed by atoms with Gasteiger partial charge in [0.15, 0.2) is 0 Å². The quantitative estimate of drug-likeness (QED) is 0.583. The smallest absolute Gasteiger partial charge is 0.307 e. The van der Waals surface area contributed by atoms with Crippen LogP contribution in [0, 0.1) is 0 Å². The van der Waals surface area contributed by atoms with Gasteiger partial charge in [-0.1, -0.05) is 6.92 Å². The van der Waals surface area contributed by atoms with Gasteiger partial charge in [-0.05, 0) is 13.5 Å². The summed E-state index contributed by atoms with van der Waals surface area (Å²) in [5.74, 6) is -0.168. The normalized spacial score (nSPS) is 10.5. The Kier molecular flexibility index (Phi) is 7.63. The zero-order valence-electron chi connectivity index (χ0n) is 8.45. The fourth-order valence-electron chi connectivity index (χ4n) is 1.05. The molecule has 0 bridgehead atoms. The molecule has 13 heavy (non-hydrogen) atoms. The SMILES string of the molecule is CCOC(=O)CCN(CC)CCO. The maximum Gasteiger partial charge on any atom is 0.307 e. The fourth-order valence-corrected chi connectivity index (χ4v) is 1.05. The van der Waals surface area contributed by atoms with Gasteiger partial charge in [0.1, 0.15) is 0 Å². The third-order valence-electron chi connectivity index (χ3n) is 1.80. The third-order valence-corrected chi connectivity index (χ3v) is 1.80. The average molecular weight is 189 g/mol. The van der Waals surface area contributed by atoms with Crippen molar-refractivity contribution in [2.45, 2.75) is 20.3 Å². The van der Waals surface area contributed by atoms with Crippen LogP contribution in [0.1, 0.15) is 20.3 Å². The molecule has 0 saturated carbocycles. The summed E-state index contributed by atoms with van der Waals surface area (Å²) in [5.41, 5.74) is 0. The number of hydrogen-bond donors (Lipinski definition) is 1. The van der Waals surface area contributed by atoms with Crippen LogP contribution in [0.3, 0.4) is 0 Å². The van der Waals surface area contributed by atoms with E-state index in [-0.39, 0.29) is 12.6 Å². The highest BCUT2D eigenvalue weighted by Crippen LogP contribution is 1.93. The summed E-state index contributed by atoms with van der Waals surface area (Å²) < 4.78 is 4.79. The van der Waals surface area contributed by atoms with Crippen molar-refractivity contribution >= 4 is 5.97 Å². The van der Waals surface area contributed by atoms with Crippen molar-refractivity contribution in [2.75, 3.05) is 32.8 Å². The van der Waals surface area contributed by atoms with Gasteiger partial charge in [-0.2, -0.15) is 0 Å². The minimum atomic E-state index is -0.168. The van der Waals surface area contributed by atoms with Gasteiger partial charge < -0.3 is 14.7 Å². The van der Waals surface area contributed by atoms with E-state index in [2.05, 4.69) is 0 Å². The summed E-state index contributed by atoms with van der Waals surface area (Å²) in [6.07, 6.45) is 0.404. The number of carbonyl (C=O) groups is 1. The molecule has 4 nitrogen and oxygen atoms in total. The van der Waals surface area contributed by atoms with Crippen molar-refractivity contribution in [3.05, 3.63) is 0 Å². The minimum Gasteiger partial charge on any atom is -0.466 e. The van der Waals surface area contributed by atoms with E-state index in [1.807, 2.05) is 11.8 Å². The number of ether oxygens (including phenoxy) is 1. The molecule has 0 unspecified atom stereocenters. The molecule has 1 N–H and O–H groups in total. The van der Waals surface area contributed by atoms with E-state index >= 15 is 0 Å². The molecule has 0 aromatic carbocycles. The molecule has 0 heterocycles. The first kappa shape index (κ1) is 12.4. The monoisotopic (exact) mass is 189 g/mol. The van der Waals surface area contributed by atoms with Crippen LogP contribution in [-0.4, -0.2) is 48.8 Å². The number of nitrogens with zero attached hydrogens (tertiary/aromatic N) is 1. The summed E-state index contributed by atoms with van der Waals surface area (Å²) >= 11 is 0. The van der Waals surface area contributed by atoms with Gasteiger partial charge in [0.2, 0.25) is 0 Å². The van der Waals surface area contributed by atoms with Crippen molar-refractivity contribution in [3.8, 4) is 0 Å². The summed E-state index contributed by atoms with van der Waals surface area (Å²) in [6.45, 7) is 6.50. The van der Waals surface area contributed by atoms with Gasteiger partial charge in [-0.3, -0.25) is 4.79 Å². The number of rotatable bonds is 7. The molecule has 0 aliphatic carbocycles. The molecule has 0 aliphatic rings. The zero-order chi connectivity index (χ0) is 10.1. The van der Waals surface area contributed by atoms with Crippen molar-refractivity contribution in [3.63, 3.8) is 0 Å². The molecule has 0 radical (unpaired) electrons. The van der Waals surface area contributed by atoms with Crippen molar-refractivity contribution in [1.82, 2.24) is 4.90 Å². The lowest BCUT2D eigenvalue weighted by atomic mass is 10.3. The van der Waals surface area contributed by atoms with Crippen LogP contribution in [0.4, 0.5) is 0 Å². The van der Waals surface area contributed by atoms with Gasteiger partial charge in [0.25, 0.3) is 0 Å². The second kappa shape index (κ2) is 8.01. The molecule has 0 amide bonds. The molecule has 0 atom stereocenters. The molecule has 0 spiro atoms. The Hall–Kier alpha value is -0.610. The summed E-state index contributed by atoms with van der Waals surface area (Å²) in [7, 11) is 0. The molecule has 0 fully saturated rings. The van der Waals surface area contributed by atoms with Gasteiger partial charge in [-0.15, -0.1) is 0 Å². The predicted molar refractivity (Wildman–Crippen MR) is 50.4 cm³/mol. The van der Waals surface area contributed by atoms with Crippen molar-refractivity contribution < 1.29 is 14.6 Å². The minimum absolute atomic E-state index is 0.136. The number of esters is 1. The van der Waals surface area contributed by atoms with E-state index in [0.717, 1.165) is 6.54 Å². The van der Waals surface area contributed by atoms with Crippen LogP contribution in [0.15, 0.2) is 0 Å². The summed E-state index contributed by atoms with van der Waals surface area (Å²) in [6, 6.07) is 0. The second-order valence-corrected chi connectivity index (χ2v) is 2.71. The van der Waals surface area contributed by atoms with Crippen LogP contribution < -0.4 is 0 Å². The molecule has 0 saturated heterocycles. The van der Waals surface area contributed by atoms with E-state index in [4.69, 9.17) is 9.84 Å². The Labute approximate surface area is 79.5 Å². The third kappa shape index (κ3) is 6.54. The predicted octanol–water partition coefficient (Wildman–Crippen LogP) is 0.254. The molecule has 0 aromatic heterocycles. The van der Waals surface area contributed by atoms with Crippen LogP contribution in [0.2, 0.25) is 0 Å².